The van der Waals surface area contributed by atoms with Crippen LogP contribution >= 0.6 is 0 Å². The van der Waals surface area contributed by atoms with Crippen LogP contribution in [-0.4, -0.2) is 5.78 Å². The minimum atomic E-state index is -0.748. The van der Waals surface area contributed by atoms with Gasteiger partial charge in [-0.3, -0.25) is 4.79 Å². The Hall–Kier alpha value is -1.25. The van der Waals surface area contributed by atoms with Crippen LogP contribution in [0.2, 0.25) is 0 Å². The third-order valence-corrected chi connectivity index (χ3v) is 2.96. The summed E-state index contributed by atoms with van der Waals surface area (Å²) >= 11 is 0. The van der Waals surface area contributed by atoms with E-state index in [9.17, 15) is 13.6 Å². The molecular weight excluding hydrogens is 198 g/mol. The van der Waals surface area contributed by atoms with Gasteiger partial charge < -0.3 is 0 Å². The first-order valence-electron chi connectivity index (χ1n) is 5.00. The lowest BCUT2D eigenvalue weighted by molar-refractivity contribution is 0.0958. The summed E-state index contributed by atoms with van der Waals surface area (Å²) in [5, 5.41) is 0. The predicted molar refractivity (Wildman–Crippen MR) is 52.7 cm³/mol. The summed E-state index contributed by atoms with van der Waals surface area (Å²) in [6.45, 7) is 3.48. The molecule has 80 valence electrons. The van der Waals surface area contributed by atoms with Gasteiger partial charge in [-0.25, -0.2) is 8.78 Å². The Morgan fingerprint density at radius 1 is 1.33 bits per heavy atom. The van der Waals surface area contributed by atoms with Crippen LogP contribution in [0.15, 0.2) is 12.1 Å². The van der Waals surface area contributed by atoms with Gasteiger partial charge in [0.05, 0.1) is 5.56 Å². The average molecular weight is 210 g/mol. The van der Waals surface area contributed by atoms with Gasteiger partial charge in [0, 0.05) is 12.0 Å². The van der Waals surface area contributed by atoms with Gasteiger partial charge in [-0.1, -0.05) is 6.92 Å². The van der Waals surface area contributed by atoms with Gasteiger partial charge in [-0.15, -0.1) is 0 Å². The first kappa shape index (κ1) is 10.3. The number of ketones is 1. The second kappa shape index (κ2) is 3.40. The molecule has 1 saturated carbocycles. The normalized spacial score (nSPS) is 24.0. The topological polar surface area (TPSA) is 17.1 Å². The van der Waals surface area contributed by atoms with Crippen molar-refractivity contribution in [2.24, 2.45) is 11.8 Å². The van der Waals surface area contributed by atoms with Crippen LogP contribution in [0.5, 0.6) is 0 Å². The third-order valence-electron chi connectivity index (χ3n) is 2.96. The molecular formula is C12H12F2O. The summed E-state index contributed by atoms with van der Waals surface area (Å²) in [6, 6.07) is 2.09. The largest absolute Gasteiger partial charge is 0.294 e. The molecule has 0 heterocycles. The number of hydrogen-bond donors (Lipinski definition) is 0. The lowest BCUT2D eigenvalue weighted by Crippen LogP contribution is -2.07. The quantitative estimate of drug-likeness (QED) is 0.685. The number of hydrogen-bond acceptors (Lipinski definition) is 1. The predicted octanol–water partition coefficient (Wildman–Crippen LogP) is 3.11. The van der Waals surface area contributed by atoms with E-state index in [-0.39, 0.29) is 17.3 Å². The van der Waals surface area contributed by atoms with Crippen molar-refractivity contribution in [2.45, 2.75) is 20.3 Å². The lowest BCUT2D eigenvalue weighted by atomic mass is 10.0. The number of halogens is 2. The zero-order valence-electron chi connectivity index (χ0n) is 8.68. The van der Waals surface area contributed by atoms with Crippen molar-refractivity contribution in [2.75, 3.05) is 0 Å². The molecule has 1 aromatic carbocycles. The van der Waals surface area contributed by atoms with Crippen LogP contribution in [0.1, 0.15) is 29.3 Å². The molecule has 0 saturated heterocycles. The number of rotatable bonds is 2. The molecule has 1 aliphatic carbocycles. The van der Waals surface area contributed by atoms with Crippen LogP contribution in [0.4, 0.5) is 8.78 Å². The maximum absolute atomic E-state index is 13.3. The summed E-state index contributed by atoms with van der Waals surface area (Å²) < 4.78 is 26.3. The summed E-state index contributed by atoms with van der Waals surface area (Å²) in [4.78, 5) is 11.7. The molecule has 1 fully saturated rings. The molecule has 2 atom stereocenters. The van der Waals surface area contributed by atoms with Crippen molar-refractivity contribution < 1.29 is 13.6 Å². The first-order chi connectivity index (χ1) is 7.00. The first-order valence-corrected chi connectivity index (χ1v) is 5.00. The molecule has 0 aromatic heterocycles. The van der Waals surface area contributed by atoms with E-state index in [0.29, 0.717) is 11.5 Å². The lowest BCUT2D eigenvalue weighted by Gasteiger charge is -2.04. The maximum atomic E-state index is 13.3. The summed E-state index contributed by atoms with van der Waals surface area (Å²) in [5.74, 6) is -1.27. The molecule has 3 heteroatoms. The SMILES string of the molecule is Cc1cc(C(=O)C2CC2C)c(F)cc1F. The minimum absolute atomic E-state index is 0.0308. The molecule has 0 radical (unpaired) electrons. The molecule has 0 spiro atoms. The van der Waals surface area contributed by atoms with E-state index in [4.69, 9.17) is 0 Å². The molecule has 0 N–H and O–H groups in total. The van der Waals surface area contributed by atoms with E-state index < -0.39 is 11.6 Å². The maximum Gasteiger partial charge on any atom is 0.169 e. The number of carbonyl (C=O) groups is 1. The van der Waals surface area contributed by atoms with E-state index in [1.54, 1.807) is 0 Å². The Labute approximate surface area is 87.1 Å². The van der Waals surface area contributed by atoms with Gasteiger partial charge in [0.25, 0.3) is 0 Å². The van der Waals surface area contributed by atoms with Crippen molar-refractivity contribution in [3.05, 3.63) is 34.9 Å². The van der Waals surface area contributed by atoms with Crippen molar-refractivity contribution in [3.63, 3.8) is 0 Å². The number of Topliss-reactive ketones (excluding diaryl/α,β-unsaturated/α-hetero) is 1. The summed E-state index contributed by atoms with van der Waals surface area (Å²) in [7, 11) is 0. The standard InChI is InChI=1S/C12H12F2O/c1-6-3-8(6)12(15)9-4-7(2)10(13)5-11(9)14/h4-6,8H,3H2,1-2H3. The molecule has 2 unspecified atom stereocenters. The van der Waals surface area contributed by atoms with Crippen molar-refractivity contribution in [1.29, 1.82) is 0 Å². The van der Waals surface area contributed by atoms with Gasteiger partial charge >= 0.3 is 0 Å². The number of carbonyl (C=O) groups excluding carboxylic acids is 1. The van der Waals surface area contributed by atoms with Crippen LogP contribution in [0.25, 0.3) is 0 Å². The Bertz CT molecular complexity index is 426. The van der Waals surface area contributed by atoms with Gasteiger partial charge in [-0.05, 0) is 30.9 Å². The van der Waals surface area contributed by atoms with Gasteiger partial charge in [0.1, 0.15) is 11.6 Å². The molecule has 15 heavy (non-hydrogen) atoms. The molecule has 1 aliphatic rings. The molecule has 2 rings (SSSR count). The van der Waals surface area contributed by atoms with E-state index in [2.05, 4.69) is 0 Å². The van der Waals surface area contributed by atoms with Crippen LogP contribution < -0.4 is 0 Å². The fourth-order valence-corrected chi connectivity index (χ4v) is 1.73. The zero-order valence-corrected chi connectivity index (χ0v) is 8.68. The van der Waals surface area contributed by atoms with Gasteiger partial charge in [-0.2, -0.15) is 0 Å². The molecule has 1 aromatic rings. The van der Waals surface area contributed by atoms with Crippen molar-refractivity contribution in [1.82, 2.24) is 0 Å². The Morgan fingerprint density at radius 3 is 2.47 bits per heavy atom. The van der Waals surface area contributed by atoms with Gasteiger partial charge in [0.2, 0.25) is 0 Å². The molecule has 1 nitrogen and oxygen atoms in total. The highest BCUT2D eigenvalue weighted by Gasteiger charge is 2.40. The third kappa shape index (κ3) is 1.78. The number of aryl methyl sites for hydroxylation is 1. The minimum Gasteiger partial charge on any atom is -0.294 e. The Kier molecular flexibility index (Phi) is 2.33. The van der Waals surface area contributed by atoms with Crippen molar-refractivity contribution in [3.8, 4) is 0 Å². The highest BCUT2D eigenvalue weighted by Crippen LogP contribution is 2.40. The summed E-state index contributed by atoms with van der Waals surface area (Å²) in [5.41, 5.74) is 0.344. The monoisotopic (exact) mass is 210 g/mol. The number of benzene rings is 1. The second-order valence-electron chi connectivity index (χ2n) is 4.26. The highest BCUT2D eigenvalue weighted by atomic mass is 19.1. The van der Waals surface area contributed by atoms with E-state index in [1.807, 2.05) is 6.92 Å². The Morgan fingerprint density at radius 2 is 1.93 bits per heavy atom. The Balaban J connectivity index is 2.36. The van der Waals surface area contributed by atoms with E-state index in [1.165, 1.54) is 13.0 Å². The molecule has 0 aliphatic heterocycles. The van der Waals surface area contributed by atoms with Gasteiger partial charge in [0.15, 0.2) is 5.78 Å². The summed E-state index contributed by atoms with van der Waals surface area (Å²) in [6.07, 6.45) is 0.814. The zero-order chi connectivity index (χ0) is 11.2. The highest BCUT2D eigenvalue weighted by molar-refractivity contribution is 6.00. The molecule has 0 amide bonds. The van der Waals surface area contributed by atoms with Crippen molar-refractivity contribution >= 4 is 5.78 Å². The fraction of sp³-hybridized carbons (Fsp3) is 0.417. The average Bonchev–Trinajstić information content (AvgIpc) is 2.88. The van der Waals surface area contributed by atoms with E-state index >= 15 is 0 Å². The van der Waals surface area contributed by atoms with Crippen LogP contribution in [-0.2, 0) is 0 Å². The van der Waals surface area contributed by atoms with Crippen LogP contribution in [0.3, 0.4) is 0 Å². The molecule has 0 bridgehead atoms. The fourth-order valence-electron chi connectivity index (χ4n) is 1.73. The second-order valence-corrected chi connectivity index (χ2v) is 4.26. The van der Waals surface area contributed by atoms with E-state index in [0.717, 1.165) is 12.5 Å². The smallest absolute Gasteiger partial charge is 0.169 e. The van der Waals surface area contributed by atoms with Crippen LogP contribution in [0, 0.1) is 30.4 Å².